The van der Waals surface area contributed by atoms with Crippen molar-refractivity contribution in [3.8, 4) is 11.5 Å². The zero-order valence-electron chi connectivity index (χ0n) is 15.2. The Morgan fingerprint density at radius 2 is 1.65 bits per heavy atom. The number of hydrogen-bond donors (Lipinski definition) is 3. The lowest BCUT2D eigenvalue weighted by Gasteiger charge is -2.30. The molecule has 3 rings (SSSR count). The van der Waals surface area contributed by atoms with E-state index in [0.29, 0.717) is 18.4 Å². The Labute approximate surface area is 154 Å². The molecular weight excluding hydrogens is 324 g/mol. The number of para-hydroxylation sites is 1. The van der Waals surface area contributed by atoms with E-state index >= 15 is 0 Å². The fourth-order valence-electron chi connectivity index (χ4n) is 3.55. The van der Waals surface area contributed by atoms with Crippen LogP contribution in [-0.4, -0.2) is 21.4 Å². The van der Waals surface area contributed by atoms with Crippen molar-refractivity contribution < 1.29 is 15.3 Å². The summed E-state index contributed by atoms with van der Waals surface area (Å²) in [5.74, 6) is 0.484. The molecule has 0 heterocycles. The first-order valence-electron chi connectivity index (χ1n) is 8.70. The summed E-state index contributed by atoms with van der Waals surface area (Å²) in [5, 5.41) is 30.5. The van der Waals surface area contributed by atoms with Crippen LogP contribution in [0.3, 0.4) is 0 Å². The fourth-order valence-corrected chi connectivity index (χ4v) is 3.55. The molecular formula is C23H24O3. The molecule has 0 radical (unpaired) electrons. The number of aromatic hydroxyl groups is 2. The van der Waals surface area contributed by atoms with E-state index in [2.05, 4.69) is 6.58 Å². The largest absolute Gasteiger partial charge is 0.508 e. The Bertz CT molecular complexity index is 919. The fraction of sp³-hybridized carbons (Fsp3) is 0.217. The highest BCUT2D eigenvalue weighted by Crippen LogP contribution is 2.38. The van der Waals surface area contributed by atoms with E-state index in [1.165, 1.54) is 0 Å². The predicted molar refractivity (Wildman–Crippen MR) is 104 cm³/mol. The SMILES string of the molecule is C=C1C(Cc2cccc(O)c2)=C(C)C(Cc2ccccc2O)=C(C)C1O. The molecule has 0 bridgehead atoms. The van der Waals surface area contributed by atoms with Crippen LogP contribution in [0.25, 0.3) is 0 Å². The first-order valence-corrected chi connectivity index (χ1v) is 8.70. The summed E-state index contributed by atoms with van der Waals surface area (Å²) in [6, 6.07) is 14.4. The van der Waals surface area contributed by atoms with Gasteiger partial charge in [-0.15, -0.1) is 0 Å². The summed E-state index contributed by atoms with van der Waals surface area (Å²) in [7, 11) is 0. The van der Waals surface area contributed by atoms with E-state index in [0.717, 1.165) is 33.4 Å². The van der Waals surface area contributed by atoms with Gasteiger partial charge in [-0.1, -0.05) is 36.9 Å². The highest BCUT2D eigenvalue weighted by Gasteiger charge is 2.27. The highest BCUT2D eigenvalue weighted by atomic mass is 16.3. The lowest BCUT2D eigenvalue weighted by molar-refractivity contribution is 0.245. The topological polar surface area (TPSA) is 60.7 Å². The summed E-state index contributed by atoms with van der Waals surface area (Å²) in [4.78, 5) is 0. The Kier molecular flexibility index (Phi) is 5.01. The van der Waals surface area contributed by atoms with Crippen LogP contribution in [0.4, 0.5) is 0 Å². The van der Waals surface area contributed by atoms with Gasteiger partial charge in [0.25, 0.3) is 0 Å². The molecule has 3 N–H and O–H groups in total. The van der Waals surface area contributed by atoms with Crippen LogP contribution in [0.1, 0.15) is 25.0 Å². The molecule has 134 valence electrons. The van der Waals surface area contributed by atoms with Gasteiger partial charge in [-0.2, -0.15) is 0 Å². The van der Waals surface area contributed by atoms with Gasteiger partial charge in [-0.3, -0.25) is 0 Å². The van der Waals surface area contributed by atoms with Crippen molar-refractivity contribution in [2.24, 2.45) is 0 Å². The van der Waals surface area contributed by atoms with E-state index in [1.54, 1.807) is 24.3 Å². The number of aliphatic hydroxyl groups is 1. The first kappa shape index (κ1) is 18.0. The minimum absolute atomic E-state index is 0.226. The Hall–Kier alpha value is -2.78. The molecule has 0 amide bonds. The van der Waals surface area contributed by atoms with Gasteiger partial charge in [0.2, 0.25) is 0 Å². The third-order valence-electron chi connectivity index (χ3n) is 5.16. The second-order valence-electron chi connectivity index (χ2n) is 6.85. The molecule has 0 saturated heterocycles. The maximum absolute atomic E-state index is 10.7. The van der Waals surface area contributed by atoms with E-state index in [1.807, 2.05) is 38.1 Å². The number of hydrogen-bond acceptors (Lipinski definition) is 3. The second-order valence-corrected chi connectivity index (χ2v) is 6.85. The van der Waals surface area contributed by atoms with Crippen LogP contribution < -0.4 is 0 Å². The van der Waals surface area contributed by atoms with Crippen LogP contribution in [-0.2, 0) is 12.8 Å². The van der Waals surface area contributed by atoms with Crippen LogP contribution >= 0.6 is 0 Å². The van der Waals surface area contributed by atoms with Gasteiger partial charge in [0.15, 0.2) is 0 Å². The lowest BCUT2D eigenvalue weighted by atomic mass is 9.78. The number of aliphatic hydroxyl groups excluding tert-OH is 1. The molecule has 1 aliphatic rings. The molecule has 0 aliphatic heterocycles. The van der Waals surface area contributed by atoms with E-state index in [4.69, 9.17) is 0 Å². The molecule has 0 saturated carbocycles. The Morgan fingerprint density at radius 3 is 2.35 bits per heavy atom. The van der Waals surface area contributed by atoms with Crippen molar-refractivity contribution in [2.45, 2.75) is 32.8 Å². The zero-order chi connectivity index (χ0) is 18.8. The van der Waals surface area contributed by atoms with Crippen molar-refractivity contribution in [1.82, 2.24) is 0 Å². The molecule has 1 aliphatic carbocycles. The van der Waals surface area contributed by atoms with Crippen LogP contribution in [0.5, 0.6) is 11.5 Å². The molecule has 3 nitrogen and oxygen atoms in total. The van der Waals surface area contributed by atoms with Gasteiger partial charge in [0, 0.05) is 6.42 Å². The molecule has 3 heteroatoms. The quantitative estimate of drug-likeness (QED) is 0.765. The predicted octanol–water partition coefficient (Wildman–Crippen LogP) is 4.45. The summed E-state index contributed by atoms with van der Waals surface area (Å²) >= 11 is 0. The van der Waals surface area contributed by atoms with Crippen molar-refractivity contribution in [3.05, 3.63) is 94.1 Å². The smallest absolute Gasteiger partial charge is 0.119 e. The first-order chi connectivity index (χ1) is 12.4. The minimum atomic E-state index is -0.730. The van der Waals surface area contributed by atoms with Crippen LogP contribution in [0.15, 0.2) is 83.0 Å². The zero-order valence-corrected chi connectivity index (χ0v) is 15.2. The van der Waals surface area contributed by atoms with Crippen molar-refractivity contribution in [2.75, 3.05) is 0 Å². The third kappa shape index (κ3) is 3.44. The number of allylic oxidation sites excluding steroid dienone is 2. The molecule has 0 fully saturated rings. The van der Waals surface area contributed by atoms with Crippen molar-refractivity contribution >= 4 is 0 Å². The van der Waals surface area contributed by atoms with Gasteiger partial charge in [-0.05, 0) is 77.5 Å². The van der Waals surface area contributed by atoms with Gasteiger partial charge in [-0.25, -0.2) is 0 Å². The maximum atomic E-state index is 10.7. The monoisotopic (exact) mass is 348 g/mol. The van der Waals surface area contributed by atoms with Gasteiger partial charge in [0.1, 0.15) is 17.6 Å². The van der Waals surface area contributed by atoms with Crippen molar-refractivity contribution in [1.29, 1.82) is 0 Å². The van der Waals surface area contributed by atoms with Crippen LogP contribution in [0.2, 0.25) is 0 Å². The van der Waals surface area contributed by atoms with Crippen molar-refractivity contribution in [3.63, 3.8) is 0 Å². The average Bonchev–Trinajstić information content (AvgIpc) is 2.62. The minimum Gasteiger partial charge on any atom is -0.508 e. The number of benzene rings is 2. The van der Waals surface area contributed by atoms with E-state index in [9.17, 15) is 15.3 Å². The van der Waals surface area contributed by atoms with Gasteiger partial charge < -0.3 is 15.3 Å². The average molecular weight is 348 g/mol. The molecule has 0 spiro atoms. The molecule has 2 aromatic carbocycles. The van der Waals surface area contributed by atoms with E-state index in [-0.39, 0.29) is 11.5 Å². The number of phenols is 2. The number of phenolic OH excluding ortho intramolecular Hbond substituents is 2. The highest BCUT2D eigenvalue weighted by molar-refractivity contribution is 5.57. The summed E-state index contributed by atoms with van der Waals surface area (Å²) in [6.07, 6.45) is 0.415. The maximum Gasteiger partial charge on any atom is 0.119 e. The summed E-state index contributed by atoms with van der Waals surface area (Å²) in [6.45, 7) is 8.05. The van der Waals surface area contributed by atoms with E-state index < -0.39 is 6.10 Å². The Morgan fingerprint density at radius 1 is 0.923 bits per heavy atom. The third-order valence-corrected chi connectivity index (χ3v) is 5.16. The number of rotatable bonds is 4. The molecule has 26 heavy (non-hydrogen) atoms. The second kappa shape index (κ2) is 7.22. The Balaban J connectivity index is 2.01. The standard InChI is InChI=1S/C23H24O3/c1-14-20(12-17-7-6-9-19(24)11-17)15(2)23(26)16(3)21(14)13-18-8-4-5-10-22(18)25/h4-11,23-26H,2,12-13H2,1,3H3. The molecule has 2 aromatic rings. The molecule has 1 unspecified atom stereocenters. The van der Waals surface area contributed by atoms with Gasteiger partial charge in [0.05, 0.1) is 0 Å². The summed E-state index contributed by atoms with van der Waals surface area (Å²) in [5.41, 5.74) is 6.46. The molecule has 0 aromatic heterocycles. The normalized spacial score (nSPS) is 17.8. The van der Waals surface area contributed by atoms with Gasteiger partial charge >= 0.3 is 0 Å². The lowest BCUT2D eigenvalue weighted by Crippen LogP contribution is -2.22. The summed E-state index contributed by atoms with van der Waals surface area (Å²) < 4.78 is 0. The molecule has 1 atom stereocenters. The van der Waals surface area contributed by atoms with Crippen LogP contribution in [0, 0.1) is 0 Å².